The minimum atomic E-state index is -0.244. The summed E-state index contributed by atoms with van der Waals surface area (Å²) >= 11 is 5.95. The van der Waals surface area contributed by atoms with E-state index in [-0.39, 0.29) is 11.8 Å². The molecule has 1 aromatic carbocycles. The van der Waals surface area contributed by atoms with Crippen LogP contribution in [0.25, 0.3) is 0 Å². The van der Waals surface area contributed by atoms with Crippen LogP contribution in [0.4, 0.5) is 0 Å². The molecule has 0 aliphatic heterocycles. The van der Waals surface area contributed by atoms with Gasteiger partial charge in [0.2, 0.25) is 5.91 Å². The summed E-state index contributed by atoms with van der Waals surface area (Å²) in [6.07, 6.45) is 6.07. The zero-order valence-electron chi connectivity index (χ0n) is 12.0. The monoisotopic (exact) mass is 308 g/mol. The molecular formula is C16H21ClN2O2. The average Bonchev–Trinajstić information content (AvgIpc) is 2.48. The first-order valence-electron chi connectivity index (χ1n) is 7.49. The third-order valence-electron chi connectivity index (χ3n) is 3.73. The fourth-order valence-electron chi connectivity index (χ4n) is 2.58. The van der Waals surface area contributed by atoms with Gasteiger partial charge >= 0.3 is 0 Å². The molecule has 0 aromatic heterocycles. The molecule has 0 spiro atoms. The molecule has 0 unspecified atom stereocenters. The van der Waals surface area contributed by atoms with E-state index >= 15 is 0 Å². The number of nitrogens with one attached hydrogen (secondary N) is 2. The van der Waals surface area contributed by atoms with Gasteiger partial charge in [-0.2, -0.15) is 0 Å². The zero-order chi connectivity index (χ0) is 15.1. The maximum Gasteiger partial charge on any atom is 0.252 e. The van der Waals surface area contributed by atoms with E-state index < -0.39 is 0 Å². The number of halogens is 1. The lowest BCUT2D eigenvalue weighted by Crippen LogP contribution is -2.38. The highest BCUT2D eigenvalue weighted by atomic mass is 35.5. The van der Waals surface area contributed by atoms with Gasteiger partial charge in [0.25, 0.3) is 5.91 Å². The molecule has 0 atom stereocenters. The van der Waals surface area contributed by atoms with Crippen molar-refractivity contribution in [3.63, 3.8) is 0 Å². The highest BCUT2D eigenvalue weighted by molar-refractivity contribution is 6.33. The minimum absolute atomic E-state index is 0.00126. The van der Waals surface area contributed by atoms with Crippen molar-refractivity contribution in [1.29, 1.82) is 0 Å². The standard InChI is InChI=1S/C16H21ClN2O2/c17-14-9-5-4-8-13(14)16(21)18-11-10-15(20)19-12-6-2-1-3-7-12/h4-5,8-9,12H,1-3,6-7,10-11H2,(H,18,21)(H,19,20). The van der Waals surface area contributed by atoms with Gasteiger partial charge in [0.1, 0.15) is 0 Å². The Kier molecular flexibility index (Phi) is 6.05. The molecule has 2 rings (SSSR count). The molecule has 1 aromatic rings. The van der Waals surface area contributed by atoms with Gasteiger partial charge in [-0.15, -0.1) is 0 Å². The maximum atomic E-state index is 11.9. The molecular weight excluding hydrogens is 288 g/mol. The zero-order valence-corrected chi connectivity index (χ0v) is 12.8. The van der Waals surface area contributed by atoms with Crippen molar-refractivity contribution in [3.8, 4) is 0 Å². The minimum Gasteiger partial charge on any atom is -0.353 e. The van der Waals surface area contributed by atoms with E-state index in [1.807, 2.05) is 0 Å². The Morgan fingerprint density at radius 2 is 1.86 bits per heavy atom. The van der Waals surface area contributed by atoms with Crippen molar-refractivity contribution < 1.29 is 9.59 Å². The summed E-state index contributed by atoms with van der Waals surface area (Å²) in [5.41, 5.74) is 0.437. The molecule has 114 valence electrons. The van der Waals surface area contributed by atoms with Crippen LogP contribution in [0.1, 0.15) is 48.9 Å². The van der Waals surface area contributed by atoms with Crippen molar-refractivity contribution >= 4 is 23.4 Å². The Labute approximate surface area is 130 Å². The molecule has 0 saturated heterocycles. The second-order valence-corrected chi connectivity index (χ2v) is 5.80. The number of hydrogen-bond acceptors (Lipinski definition) is 2. The van der Waals surface area contributed by atoms with Gasteiger partial charge in [-0.25, -0.2) is 0 Å². The van der Waals surface area contributed by atoms with E-state index in [0.29, 0.717) is 29.6 Å². The number of rotatable bonds is 5. The van der Waals surface area contributed by atoms with Gasteiger partial charge in [0.15, 0.2) is 0 Å². The number of carbonyl (C=O) groups excluding carboxylic acids is 2. The van der Waals surface area contributed by atoms with Crippen molar-refractivity contribution in [3.05, 3.63) is 34.9 Å². The quantitative estimate of drug-likeness (QED) is 0.878. The number of carbonyl (C=O) groups is 2. The average molecular weight is 309 g/mol. The fraction of sp³-hybridized carbons (Fsp3) is 0.500. The van der Waals surface area contributed by atoms with E-state index in [1.165, 1.54) is 19.3 Å². The molecule has 2 N–H and O–H groups in total. The van der Waals surface area contributed by atoms with Crippen LogP contribution in [-0.2, 0) is 4.79 Å². The summed E-state index contributed by atoms with van der Waals surface area (Å²) in [6.45, 7) is 0.322. The van der Waals surface area contributed by atoms with Gasteiger partial charge in [-0.05, 0) is 25.0 Å². The van der Waals surface area contributed by atoms with Crippen LogP contribution in [0.5, 0.6) is 0 Å². The molecule has 1 aliphatic carbocycles. The first kappa shape index (κ1) is 15.8. The molecule has 1 saturated carbocycles. The highest BCUT2D eigenvalue weighted by Crippen LogP contribution is 2.17. The molecule has 4 nitrogen and oxygen atoms in total. The summed E-state index contributed by atoms with van der Waals surface area (Å²) in [5.74, 6) is -0.243. The largest absolute Gasteiger partial charge is 0.353 e. The first-order chi connectivity index (χ1) is 10.2. The van der Waals surface area contributed by atoms with Crippen molar-refractivity contribution in [2.45, 2.75) is 44.6 Å². The Balaban J connectivity index is 1.70. The fourth-order valence-corrected chi connectivity index (χ4v) is 2.80. The second-order valence-electron chi connectivity index (χ2n) is 5.39. The van der Waals surface area contributed by atoms with Gasteiger partial charge in [0.05, 0.1) is 10.6 Å². The van der Waals surface area contributed by atoms with E-state index in [4.69, 9.17) is 11.6 Å². The van der Waals surface area contributed by atoms with Crippen LogP contribution in [0.2, 0.25) is 5.02 Å². The molecule has 1 aliphatic rings. The third kappa shape index (κ3) is 5.05. The van der Waals surface area contributed by atoms with Crippen molar-refractivity contribution in [2.75, 3.05) is 6.54 Å². The van der Waals surface area contributed by atoms with E-state index in [0.717, 1.165) is 12.8 Å². The summed E-state index contributed by atoms with van der Waals surface area (Å²) in [4.78, 5) is 23.7. The SMILES string of the molecule is O=C(CCNC(=O)c1ccccc1Cl)NC1CCCCC1. The van der Waals surface area contributed by atoms with Crippen LogP contribution in [0.3, 0.4) is 0 Å². The molecule has 1 fully saturated rings. The first-order valence-corrected chi connectivity index (χ1v) is 7.86. The lowest BCUT2D eigenvalue weighted by Gasteiger charge is -2.22. The molecule has 0 heterocycles. The Hall–Kier alpha value is -1.55. The van der Waals surface area contributed by atoms with Crippen LogP contribution in [-0.4, -0.2) is 24.4 Å². The smallest absolute Gasteiger partial charge is 0.252 e. The Morgan fingerprint density at radius 1 is 1.14 bits per heavy atom. The summed E-state index contributed by atoms with van der Waals surface area (Å²) in [6, 6.07) is 7.18. The van der Waals surface area contributed by atoms with Crippen LogP contribution in [0.15, 0.2) is 24.3 Å². The number of amides is 2. The van der Waals surface area contributed by atoms with E-state index in [9.17, 15) is 9.59 Å². The normalized spacial score (nSPS) is 15.5. The molecule has 2 amide bonds. The van der Waals surface area contributed by atoms with Crippen molar-refractivity contribution in [1.82, 2.24) is 10.6 Å². The predicted octanol–water partition coefficient (Wildman–Crippen LogP) is 2.91. The van der Waals surface area contributed by atoms with E-state index in [2.05, 4.69) is 10.6 Å². The second kappa shape index (κ2) is 8.03. The van der Waals surface area contributed by atoms with Gasteiger partial charge in [0, 0.05) is 19.0 Å². The Bertz CT molecular complexity index is 499. The summed E-state index contributed by atoms with van der Waals surface area (Å²) in [5, 5.41) is 6.17. The highest BCUT2D eigenvalue weighted by Gasteiger charge is 2.15. The molecule has 5 heteroatoms. The topological polar surface area (TPSA) is 58.2 Å². The van der Waals surface area contributed by atoms with Crippen molar-refractivity contribution in [2.24, 2.45) is 0 Å². The van der Waals surface area contributed by atoms with Gasteiger partial charge in [-0.1, -0.05) is 43.0 Å². The van der Waals surface area contributed by atoms with Crippen LogP contribution >= 0.6 is 11.6 Å². The lowest BCUT2D eigenvalue weighted by atomic mass is 9.95. The molecule has 21 heavy (non-hydrogen) atoms. The number of hydrogen-bond donors (Lipinski definition) is 2. The Morgan fingerprint density at radius 3 is 2.57 bits per heavy atom. The predicted molar refractivity (Wildman–Crippen MR) is 83.4 cm³/mol. The summed E-state index contributed by atoms with van der Waals surface area (Å²) < 4.78 is 0. The van der Waals surface area contributed by atoms with E-state index in [1.54, 1.807) is 24.3 Å². The van der Waals surface area contributed by atoms with Crippen LogP contribution < -0.4 is 10.6 Å². The lowest BCUT2D eigenvalue weighted by molar-refractivity contribution is -0.121. The number of benzene rings is 1. The van der Waals surface area contributed by atoms with Gasteiger partial charge in [-0.3, -0.25) is 9.59 Å². The summed E-state index contributed by atoms with van der Waals surface area (Å²) in [7, 11) is 0. The molecule has 0 bridgehead atoms. The molecule has 0 radical (unpaired) electrons. The van der Waals surface area contributed by atoms with Crippen LogP contribution in [0, 0.1) is 0 Å². The maximum absolute atomic E-state index is 11.9. The van der Waals surface area contributed by atoms with Gasteiger partial charge < -0.3 is 10.6 Å². The third-order valence-corrected chi connectivity index (χ3v) is 4.06.